The van der Waals surface area contributed by atoms with Gasteiger partial charge in [-0.15, -0.1) is 0 Å². The van der Waals surface area contributed by atoms with Crippen LogP contribution in [0.2, 0.25) is 0 Å². The van der Waals surface area contributed by atoms with Crippen molar-refractivity contribution in [2.24, 2.45) is 0 Å². The van der Waals surface area contributed by atoms with E-state index in [1.165, 1.54) is 35.6 Å². The Bertz CT molecular complexity index is 801. The molecule has 1 aromatic rings. The predicted molar refractivity (Wildman–Crippen MR) is 98.8 cm³/mol. The lowest BCUT2D eigenvalue weighted by atomic mass is 10.2. The Morgan fingerprint density at radius 1 is 1.26 bits per heavy atom. The lowest BCUT2D eigenvalue weighted by Gasteiger charge is -2.25. The van der Waals surface area contributed by atoms with Gasteiger partial charge in [0, 0.05) is 31.3 Å². The molecule has 1 aliphatic carbocycles. The van der Waals surface area contributed by atoms with Crippen molar-refractivity contribution in [3.05, 3.63) is 34.4 Å². The summed E-state index contributed by atoms with van der Waals surface area (Å²) in [6, 6.07) is 4.36. The van der Waals surface area contributed by atoms with Crippen LogP contribution < -0.4 is 5.32 Å². The van der Waals surface area contributed by atoms with Gasteiger partial charge in [-0.25, -0.2) is 13.2 Å². The second-order valence-electron chi connectivity index (χ2n) is 7.58. The normalized spacial score (nSPS) is 20.5. The van der Waals surface area contributed by atoms with Gasteiger partial charge in [-0.1, -0.05) is 0 Å². The number of hydrogen-bond donors (Lipinski definition) is 1. The van der Waals surface area contributed by atoms with E-state index < -0.39 is 26.6 Å². The maximum Gasteiger partial charge on any atom is 0.407 e. The van der Waals surface area contributed by atoms with Gasteiger partial charge >= 0.3 is 6.09 Å². The van der Waals surface area contributed by atoms with Gasteiger partial charge in [-0.05, 0) is 52.2 Å². The highest BCUT2D eigenvalue weighted by Gasteiger charge is 2.35. The van der Waals surface area contributed by atoms with Crippen molar-refractivity contribution < 1.29 is 22.9 Å². The SMILES string of the molecule is CN(C1CCC(NC(=O)OC(C)(C)C)C1)S(=O)(=O)c1ccc([N+](=O)[O-])cc1. The number of nitrogens with one attached hydrogen (secondary N) is 1. The molecule has 1 fully saturated rings. The van der Waals surface area contributed by atoms with Crippen molar-refractivity contribution in [1.29, 1.82) is 0 Å². The van der Waals surface area contributed by atoms with Gasteiger partial charge in [-0.2, -0.15) is 4.31 Å². The molecule has 27 heavy (non-hydrogen) atoms. The first-order valence-corrected chi connectivity index (χ1v) is 10.1. The molecule has 2 rings (SSSR count). The van der Waals surface area contributed by atoms with Crippen molar-refractivity contribution in [2.75, 3.05) is 7.05 Å². The maximum atomic E-state index is 12.8. The number of alkyl carbamates (subject to hydrolysis) is 1. The molecule has 0 aliphatic heterocycles. The second-order valence-corrected chi connectivity index (χ2v) is 9.58. The van der Waals surface area contributed by atoms with E-state index in [1.54, 1.807) is 20.8 Å². The van der Waals surface area contributed by atoms with Crippen LogP contribution in [0.25, 0.3) is 0 Å². The molecule has 10 heteroatoms. The van der Waals surface area contributed by atoms with Gasteiger partial charge in [0.05, 0.1) is 9.82 Å². The standard InChI is InChI=1S/C17H25N3O6S/c1-17(2,3)26-16(21)18-12-5-6-14(11-12)19(4)27(24,25)15-9-7-13(8-10-15)20(22)23/h7-10,12,14H,5-6,11H2,1-4H3,(H,18,21). The van der Waals surface area contributed by atoms with Gasteiger partial charge in [0.1, 0.15) is 5.60 Å². The van der Waals surface area contributed by atoms with Crippen LogP contribution in [-0.4, -0.2) is 48.5 Å². The molecule has 0 aromatic heterocycles. The number of benzene rings is 1. The summed E-state index contributed by atoms with van der Waals surface area (Å²) in [4.78, 5) is 22.0. The number of carbonyl (C=O) groups excluding carboxylic acids is 1. The van der Waals surface area contributed by atoms with Crippen molar-refractivity contribution in [2.45, 2.75) is 62.6 Å². The van der Waals surface area contributed by atoms with E-state index in [0.29, 0.717) is 19.3 Å². The minimum atomic E-state index is -3.78. The van der Waals surface area contributed by atoms with E-state index >= 15 is 0 Å². The van der Waals surface area contributed by atoms with Gasteiger partial charge < -0.3 is 10.1 Å². The molecular formula is C17H25N3O6S. The number of ether oxygens (including phenoxy) is 1. The summed E-state index contributed by atoms with van der Waals surface area (Å²) >= 11 is 0. The monoisotopic (exact) mass is 399 g/mol. The number of hydrogen-bond acceptors (Lipinski definition) is 6. The summed E-state index contributed by atoms with van der Waals surface area (Å²) < 4.78 is 32.0. The van der Waals surface area contributed by atoms with Gasteiger partial charge in [0.25, 0.3) is 5.69 Å². The molecule has 1 aliphatic rings. The number of non-ortho nitro benzene ring substituents is 1. The Morgan fingerprint density at radius 2 is 1.85 bits per heavy atom. The van der Waals surface area contributed by atoms with Gasteiger partial charge in [-0.3, -0.25) is 10.1 Å². The third kappa shape index (κ3) is 5.39. The second kappa shape index (κ2) is 7.81. The molecular weight excluding hydrogens is 374 g/mol. The zero-order valence-electron chi connectivity index (χ0n) is 15.8. The molecule has 2 unspecified atom stereocenters. The first-order valence-electron chi connectivity index (χ1n) is 8.62. The molecule has 1 aromatic carbocycles. The average molecular weight is 399 g/mol. The first-order chi connectivity index (χ1) is 12.4. The van der Waals surface area contributed by atoms with Crippen LogP contribution in [0.15, 0.2) is 29.2 Å². The summed E-state index contributed by atoms with van der Waals surface area (Å²) in [6.07, 6.45) is 1.20. The van der Waals surface area contributed by atoms with Gasteiger partial charge in [0.15, 0.2) is 0 Å². The number of carbonyl (C=O) groups is 1. The largest absolute Gasteiger partial charge is 0.444 e. The number of sulfonamides is 1. The molecule has 0 spiro atoms. The van der Waals surface area contributed by atoms with E-state index in [1.807, 2.05) is 0 Å². The van der Waals surface area contributed by atoms with E-state index in [0.717, 1.165) is 0 Å². The summed E-state index contributed by atoms with van der Waals surface area (Å²) in [7, 11) is -2.30. The van der Waals surface area contributed by atoms with E-state index in [4.69, 9.17) is 4.74 Å². The first kappa shape index (κ1) is 21.1. The van der Waals surface area contributed by atoms with E-state index in [-0.39, 0.29) is 22.7 Å². The van der Waals surface area contributed by atoms with Crippen molar-refractivity contribution in [3.63, 3.8) is 0 Å². The van der Waals surface area contributed by atoms with Crippen LogP contribution in [0.3, 0.4) is 0 Å². The Morgan fingerprint density at radius 3 is 2.37 bits per heavy atom. The third-order valence-corrected chi connectivity index (χ3v) is 6.29. The van der Waals surface area contributed by atoms with Crippen LogP contribution >= 0.6 is 0 Å². The fourth-order valence-electron chi connectivity index (χ4n) is 3.00. The highest BCUT2D eigenvalue weighted by molar-refractivity contribution is 7.89. The van der Waals surface area contributed by atoms with Crippen LogP contribution in [-0.2, 0) is 14.8 Å². The van der Waals surface area contributed by atoms with Crippen molar-refractivity contribution in [3.8, 4) is 0 Å². The maximum absolute atomic E-state index is 12.8. The molecule has 9 nitrogen and oxygen atoms in total. The van der Waals surface area contributed by atoms with Crippen molar-refractivity contribution in [1.82, 2.24) is 9.62 Å². The Labute approximate surface area is 158 Å². The molecule has 0 heterocycles. The minimum Gasteiger partial charge on any atom is -0.444 e. The molecule has 2 atom stereocenters. The molecule has 0 radical (unpaired) electrons. The van der Waals surface area contributed by atoms with Crippen LogP contribution in [0.1, 0.15) is 40.0 Å². The third-order valence-electron chi connectivity index (χ3n) is 4.36. The fourth-order valence-corrected chi connectivity index (χ4v) is 4.39. The quantitative estimate of drug-likeness (QED) is 0.600. The van der Waals surface area contributed by atoms with Gasteiger partial charge in [0.2, 0.25) is 10.0 Å². The topological polar surface area (TPSA) is 119 Å². The number of nitrogens with zero attached hydrogens (tertiary/aromatic N) is 2. The smallest absolute Gasteiger partial charge is 0.407 e. The lowest BCUT2D eigenvalue weighted by molar-refractivity contribution is -0.384. The number of nitro benzene ring substituents is 1. The summed E-state index contributed by atoms with van der Waals surface area (Å²) in [5.41, 5.74) is -0.767. The lowest BCUT2D eigenvalue weighted by Crippen LogP contribution is -2.40. The molecule has 0 saturated heterocycles. The van der Waals surface area contributed by atoms with Crippen LogP contribution in [0, 0.1) is 10.1 Å². The van der Waals surface area contributed by atoms with Crippen LogP contribution in [0.5, 0.6) is 0 Å². The van der Waals surface area contributed by atoms with Crippen molar-refractivity contribution >= 4 is 21.8 Å². The molecule has 150 valence electrons. The molecule has 1 amide bonds. The number of amides is 1. The highest BCUT2D eigenvalue weighted by atomic mass is 32.2. The number of nitro groups is 1. The molecule has 1 saturated carbocycles. The predicted octanol–water partition coefficient (Wildman–Crippen LogP) is 2.66. The molecule has 0 bridgehead atoms. The summed E-state index contributed by atoms with van der Waals surface area (Å²) in [5.74, 6) is 0. The highest BCUT2D eigenvalue weighted by Crippen LogP contribution is 2.28. The summed E-state index contributed by atoms with van der Waals surface area (Å²) in [5, 5.41) is 13.5. The average Bonchev–Trinajstić information content (AvgIpc) is 3.00. The summed E-state index contributed by atoms with van der Waals surface area (Å²) in [6.45, 7) is 5.32. The Hall–Kier alpha value is -2.20. The zero-order chi connectivity index (χ0) is 20.4. The Balaban J connectivity index is 2.02. The number of rotatable bonds is 5. The fraction of sp³-hybridized carbons (Fsp3) is 0.588. The van der Waals surface area contributed by atoms with Crippen LogP contribution in [0.4, 0.5) is 10.5 Å². The zero-order valence-corrected chi connectivity index (χ0v) is 16.7. The van der Waals surface area contributed by atoms with E-state index in [2.05, 4.69) is 5.32 Å². The molecule has 1 N–H and O–H groups in total. The Kier molecular flexibility index (Phi) is 6.10. The minimum absolute atomic E-state index is 0.000786. The van der Waals surface area contributed by atoms with E-state index in [9.17, 15) is 23.3 Å².